The van der Waals surface area contributed by atoms with Gasteiger partial charge in [-0.2, -0.15) is 0 Å². The molecule has 37 heavy (non-hydrogen) atoms. The minimum atomic E-state index is -0.489. The van der Waals surface area contributed by atoms with Crippen LogP contribution in [0, 0.1) is 23.7 Å². The van der Waals surface area contributed by atoms with E-state index in [0.717, 1.165) is 57.9 Å². The molecule has 3 fully saturated rings. The van der Waals surface area contributed by atoms with Crippen molar-refractivity contribution >= 4 is 11.9 Å². The molecule has 0 aromatic heterocycles. The molecule has 9 heteroatoms. The standard InChI is InChI=1S/C28H50N2O7/c1-17(31)36-22(15-23(37-18(2)32)12-21-6-4-5-7-25(21)33)9-8-19-13-27(35-3)26(34)16-24(19)20-10-11-30-28(29)14-20/h19-28,30,33-34H,4-16,29H2,1-3H3/t19?,20?,21-,22+,23-,24?,25-,26?,27?,28?/m0/s1. The van der Waals surface area contributed by atoms with E-state index in [0.29, 0.717) is 43.4 Å². The van der Waals surface area contributed by atoms with Gasteiger partial charge in [0.2, 0.25) is 0 Å². The number of carbonyl (C=O) groups excluding carboxylic acids is 2. The molecule has 3 aliphatic rings. The molecule has 0 aromatic rings. The number of hydrogen-bond donors (Lipinski definition) is 4. The summed E-state index contributed by atoms with van der Waals surface area (Å²) in [6, 6.07) is 0. The maximum atomic E-state index is 12.0. The monoisotopic (exact) mass is 526 g/mol. The highest BCUT2D eigenvalue weighted by molar-refractivity contribution is 5.66. The SMILES string of the molecule is COC1CC(CC[C@H](C[C@H](C[C@@H]2CCCC[C@@H]2O)OC(C)=O)OC(C)=O)C(C2CCNC(N)C2)CC1O. The van der Waals surface area contributed by atoms with Crippen molar-refractivity contribution in [2.75, 3.05) is 13.7 Å². The Hall–Kier alpha value is -1.26. The van der Waals surface area contributed by atoms with E-state index in [9.17, 15) is 19.8 Å². The molecule has 0 bridgehead atoms. The molecular formula is C28H50N2O7. The van der Waals surface area contributed by atoms with Crippen molar-refractivity contribution in [2.24, 2.45) is 29.4 Å². The van der Waals surface area contributed by atoms with Crippen LogP contribution < -0.4 is 11.1 Å². The lowest BCUT2D eigenvalue weighted by atomic mass is 9.66. The summed E-state index contributed by atoms with van der Waals surface area (Å²) in [5.41, 5.74) is 6.21. The van der Waals surface area contributed by atoms with Crippen LogP contribution in [-0.4, -0.2) is 72.5 Å². The van der Waals surface area contributed by atoms with Crippen molar-refractivity contribution in [2.45, 2.75) is 128 Å². The minimum absolute atomic E-state index is 0.0230. The molecule has 1 heterocycles. The average molecular weight is 527 g/mol. The van der Waals surface area contributed by atoms with Crippen LogP contribution >= 0.6 is 0 Å². The normalized spacial score (nSPS) is 36.4. The minimum Gasteiger partial charge on any atom is -0.462 e. The number of carbonyl (C=O) groups is 2. The molecule has 0 amide bonds. The molecule has 1 saturated heterocycles. The number of aliphatic hydroxyl groups is 2. The van der Waals surface area contributed by atoms with Crippen LogP contribution in [0.5, 0.6) is 0 Å². The van der Waals surface area contributed by atoms with Gasteiger partial charge in [-0.25, -0.2) is 0 Å². The topological polar surface area (TPSA) is 140 Å². The lowest BCUT2D eigenvalue weighted by molar-refractivity contribution is -0.154. The second-order valence-electron chi connectivity index (χ2n) is 11.7. The quantitative estimate of drug-likeness (QED) is 0.299. The summed E-state index contributed by atoms with van der Waals surface area (Å²) in [6.07, 6.45) is 7.75. The Morgan fingerprint density at radius 1 is 0.946 bits per heavy atom. The Bertz CT molecular complexity index is 723. The number of methoxy groups -OCH3 is 1. The first kappa shape index (κ1) is 30.3. The van der Waals surface area contributed by atoms with E-state index in [1.54, 1.807) is 7.11 Å². The lowest BCUT2D eigenvalue weighted by Crippen LogP contribution is -2.49. The molecule has 0 spiro atoms. The average Bonchev–Trinajstić information content (AvgIpc) is 2.83. The van der Waals surface area contributed by atoms with Crippen LogP contribution in [0.4, 0.5) is 0 Å². The van der Waals surface area contributed by atoms with Gasteiger partial charge in [-0.1, -0.05) is 12.8 Å². The summed E-state index contributed by atoms with van der Waals surface area (Å²) in [4.78, 5) is 23.9. The first-order chi connectivity index (χ1) is 17.7. The second-order valence-corrected chi connectivity index (χ2v) is 11.7. The number of rotatable bonds is 11. The highest BCUT2D eigenvalue weighted by Crippen LogP contribution is 2.43. The Kier molecular flexibility index (Phi) is 12.1. The fraction of sp³-hybridized carbons (Fsp3) is 0.929. The Morgan fingerprint density at radius 3 is 2.30 bits per heavy atom. The predicted octanol–water partition coefficient (Wildman–Crippen LogP) is 2.65. The number of piperidine rings is 1. The van der Waals surface area contributed by atoms with Crippen molar-refractivity contribution in [3.63, 3.8) is 0 Å². The van der Waals surface area contributed by atoms with Gasteiger partial charge >= 0.3 is 11.9 Å². The van der Waals surface area contributed by atoms with Crippen LogP contribution in [0.3, 0.4) is 0 Å². The highest BCUT2D eigenvalue weighted by Gasteiger charge is 2.41. The van der Waals surface area contributed by atoms with Crippen molar-refractivity contribution in [3.05, 3.63) is 0 Å². The number of ether oxygens (including phenoxy) is 3. The smallest absolute Gasteiger partial charge is 0.302 e. The Balaban J connectivity index is 1.68. The van der Waals surface area contributed by atoms with Crippen molar-refractivity contribution in [1.82, 2.24) is 5.32 Å². The Morgan fingerprint density at radius 2 is 1.65 bits per heavy atom. The van der Waals surface area contributed by atoms with E-state index in [1.165, 1.54) is 13.8 Å². The van der Waals surface area contributed by atoms with Crippen LogP contribution in [0.25, 0.3) is 0 Å². The molecular weight excluding hydrogens is 476 g/mol. The van der Waals surface area contributed by atoms with E-state index < -0.39 is 12.2 Å². The van der Waals surface area contributed by atoms with Gasteiger partial charge in [0.15, 0.2) is 0 Å². The van der Waals surface area contributed by atoms with Gasteiger partial charge in [0.05, 0.1) is 24.5 Å². The molecule has 2 saturated carbocycles. The third kappa shape index (κ3) is 9.46. The maximum absolute atomic E-state index is 12.0. The molecule has 3 rings (SSSR count). The van der Waals surface area contributed by atoms with Gasteiger partial charge in [0.1, 0.15) is 12.2 Å². The summed E-state index contributed by atoms with van der Waals surface area (Å²) >= 11 is 0. The predicted molar refractivity (Wildman–Crippen MR) is 139 cm³/mol. The van der Waals surface area contributed by atoms with E-state index >= 15 is 0 Å². The largest absolute Gasteiger partial charge is 0.462 e. The van der Waals surface area contributed by atoms with E-state index in [2.05, 4.69) is 5.32 Å². The first-order valence-corrected chi connectivity index (χ1v) is 14.4. The van der Waals surface area contributed by atoms with Crippen LogP contribution in [0.15, 0.2) is 0 Å². The summed E-state index contributed by atoms with van der Waals surface area (Å²) < 4.78 is 17.0. The molecule has 1 aliphatic heterocycles. The Labute approximate surface area is 222 Å². The third-order valence-electron chi connectivity index (χ3n) is 8.96. The lowest BCUT2D eigenvalue weighted by Gasteiger charge is -2.45. The number of aliphatic hydroxyl groups excluding tert-OH is 2. The van der Waals surface area contributed by atoms with Gasteiger partial charge < -0.3 is 35.5 Å². The zero-order valence-corrected chi connectivity index (χ0v) is 23.0. The van der Waals surface area contributed by atoms with Crippen molar-refractivity contribution < 1.29 is 34.0 Å². The second kappa shape index (κ2) is 14.8. The summed E-state index contributed by atoms with van der Waals surface area (Å²) in [5.74, 6) is 0.458. The van der Waals surface area contributed by atoms with E-state index in [4.69, 9.17) is 19.9 Å². The fourth-order valence-corrected chi connectivity index (χ4v) is 7.17. The van der Waals surface area contributed by atoms with Gasteiger partial charge in [-0.3, -0.25) is 9.59 Å². The summed E-state index contributed by atoms with van der Waals surface area (Å²) in [5, 5.41) is 24.5. The van der Waals surface area contributed by atoms with Crippen LogP contribution in [-0.2, 0) is 23.8 Å². The van der Waals surface area contributed by atoms with Crippen LogP contribution in [0.1, 0.15) is 90.9 Å². The molecule has 10 atom stereocenters. The van der Waals surface area contributed by atoms with Gasteiger partial charge in [0.25, 0.3) is 0 Å². The molecule has 0 radical (unpaired) electrons. The molecule has 6 unspecified atom stereocenters. The molecule has 9 nitrogen and oxygen atoms in total. The molecule has 0 aromatic carbocycles. The van der Waals surface area contributed by atoms with Gasteiger partial charge in [-0.05, 0) is 88.0 Å². The van der Waals surface area contributed by atoms with Gasteiger partial charge in [0, 0.05) is 27.4 Å². The highest BCUT2D eigenvalue weighted by atomic mass is 16.6. The number of nitrogens with two attached hydrogens (primary N) is 1. The zero-order chi connectivity index (χ0) is 26.9. The van der Waals surface area contributed by atoms with Crippen LogP contribution in [0.2, 0.25) is 0 Å². The molecule has 214 valence electrons. The fourth-order valence-electron chi connectivity index (χ4n) is 7.17. The van der Waals surface area contributed by atoms with Crippen molar-refractivity contribution in [1.29, 1.82) is 0 Å². The van der Waals surface area contributed by atoms with E-state index in [1.807, 2.05) is 0 Å². The van der Waals surface area contributed by atoms with Crippen molar-refractivity contribution in [3.8, 4) is 0 Å². The third-order valence-corrected chi connectivity index (χ3v) is 8.96. The molecule has 5 N–H and O–H groups in total. The summed E-state index contributed by atoms with van der Waals surface area (Å²) in [7, 11) is 1.65. The zero-order valence-electron chi connectivity index (χ0n) is 23.0. The van der Waals surface area contributed by atoms with E-state index in [-0.39, 0.29) is 42.3 Å². The number of nitrogens with one attached hydrogen (secondary N) is 1. The first-order valence-electron chi connectivity index (χ1n) is 14.4. The summed E-state index contributed by atoms with van der Waals surface area (Å²) in [6.45, 7) is 3.69. The van der Waals surface area contributed by atoms with Gasteiger partial charge in [-0.15, -0.1) is 0 Å². The number of esters is 2. The molecule has 2 aliphatic carbocycles. The number of hydrogen-bond acceptors (Lipinski definition) is 9. The maximum Gasteiger partial charge on any atom is 0.302 e.